The zero-order chi connectivity index (χ0) is 23.3. The highest BCUT2D eigenvalue weighted by molar-refractivity contribution is 6.16. The fourth-order valence-electron chi connectivity index (χ4n) is 4.58. The molecule has 6 heteroatoms. The van der Waals surface area contributed by atoms with E-state index < -0.39 is 5.97 Å². The zero-order valence-corrected chi connectivity index (χ0v) is 19.3. The van der Waals surface area contributed by atoms with Crippen molar-refractivity contribution in [2.45, 2.75) is 58.6 Å². The van der Waals surface area contributed by atoms with Crippen LogP contribution < -0.4 is 15.2 Å². The lowest BCUT2D eigenvalue weighted by atomic mass is 9.80. The minimum atomic E-state index is -1.01. The predicted octanol–water partition coefficient (Wildman–Crippen LogP) is 4.65. The number of aliphatic imine (C=N–C) groups is 1. The van der Waals surface area contributed by atoms with Gasteiger partial charge in [0.2, 0.25) is 0 Å². The molecule has 2 heterocycles. The van der Waals surface area contributed by atoms with Crippen molar-refractivity contribution in [2.24, 2.45) is 4.99 Å². The number of nitrogen functional groups attached to an aromatic ring is 1. The van der Waals surface area contributed by atoms with Gasteiger partial charge in [-0.3, -0.25) is 4.99 Å². The largest absolute Gasteiger partial charge is 0.490 e. The van der Waals surface area contributed by atoms with Gasteiger partial charge < -0.3 is 20.3 Å². The maximum Gasteiger partial charge on any atom is 0.328 e. The van der Waals surface area contributed by atoms with Crippen LogP contribution in [0, 0.1) is 0 Å². The monoisotopic (exact) mass is 434 g/mol. The number of carbonyl (C=O) groups is 1. The molecule has 0 fully saturated rings. The molecule has 2 aliphatic heterocycles. The normalized spacial score (nSPS) is 18.0. The van der Waals surface area contributed by atoms with E-state index in [1.54, 1.807) is 0 Å². The molecule has 0 atom stereocenters. The molecule has 0 aliphatic carbocycles. The first-order chi connectivity index (χ1) is 15.0. The Morgan fingerprint density at radius 3 is 2.66 bits per heavy atom. The Hall–Kier alpha value is -3.28. The number of carboxylic acid groups (broad SMARTS) is 1. The van der Waals surface area contributed by atoms with Crippen LogP contribution in [0.4, 0.5) is 5.69 Å². The standard InChI is InChI=1S/C26H30N2O4/c1-6-31-20-12-17-13-25(2,3)28-23(22(17)18-14-26(4,5)32-24(18)20)16-8-7-15(19(27)11-16)9-10-21(29)30/h7-12H,6,13-14,27H2,1-5H3,(H,29,30)/b10-9+. The average Bonchev–Trinajstić information content (AvgIpc) is 3.01. The molecule has 2 aliphatic rings. The van der Waals surface area contributed by atoms with Crippen molar-refractivity contribution in [2.75, 3.05) is 12.3 Å². The minimum absolute atomic E-state index is 0.286. The Labute approximate surface area is 188 Å². The highest BCUT2D eigenvalue weighted by Crippen LogP contribution is 2.48. The third kappa shape index (κ3) is 4.09. The maximum absolute atomic E-state index is 10.9. The van der Waals surface area contributed by atoms with Crippen molar-refractivity contribution in [3.05, 3.63) is 58.2 Å². The molecule has 0 saturated heterocycles. The van der Waals surface area contributed by atoms with Gasteiger partial charge >= 0.3 is 5.97 Å². The van der Waals surface area contributed by atoms with Crippen LogP contribution in [0.25, 0.3) is 6.08 Å². The lowest BCUT2D eigenvalue weighted by molar-refractivity contribution is -0.131. The summed E-state index contributed by atoms with van der Waals surface area (Å²) in [6, 6.07) is 7.76. The van der Waals surface area contributed by atoms with E-state index in [9.17, 15) is 4.79 Å². The molecule has 2 aromatic carbocycles. The minimum Gasteiger partial charge on any atom is -0.490 e. The van der Waals surface area contributed by atoms with Crippen molar-refractivity contribution >= 4 is 23.4 Å². The number of nitrogens with zero attached hydrogens (tertiary/aromatic N) is 1. The van der Waals surface area contributed by atoms with Crippen molar-refractivity contribution in [3.8, 4) is 11.5 Å². The fourth-order valence-corrected chi connectivity index (χ4v) is 4.58. The summed E-state index contributed by atoms with van der Waals surface area (Å²) in [7, 11) is 0. The van der Waals surface area contributed by atoms with Crippen LogP contribution in [0.5, 0.6) is 11.5 Å². The van der Waals surface area contributed by atoms with Crippen molar-refractivity contribution in [3.63, 3.8) is 0 Å². The van der Waals surface area contributed by atoms with Gasteiger partial charge in [-0.15, -0.1) is 0 Å². The van der Waals surface area contributed by atoms with Crippen LogP contribution in [-0.4, -0.2) is 34.5 Å². The number of hydrogen-bond acceptors (Lipinski definition) is 5. The summed E-state index contributed by atoms with van der Waals surface area (Å²) < 4.78 is 12.3. The number of fused-ring (bicyclic) bond motifs is 3. The fraction of sp³-hybridized carbons (Fsp3) is 0.385. The molecule has 4 rings (SSSR count). The van der Waals surface area contributed by atoms with Crippen LogP contribution >= 0.6 is 0 Å². The van der Waals surface area contributed by atoms with Crippen molar-refractivity contribution < 1.29 is 19.4 Å². The molecule has 0 aromatic heterocycles. The maximum atomic E-state index is 10.9. The number of rotatable bonds is 5. The third-order valence-electron chi connectivity index (χ3n) is 5.75. The molecule has 0 radical (unpaired) electrons. The highest BCUT2D eigenvalue weighted by atomic mass is 16.5. The van der Waals surface area contributed by atoms with Crippen molar-refractivity contribution in [1.82, 2.24) is 0 Å². The molecule has 0 unspecified atom stereocenters. The number of benzene rings is 2. The van der Waals surface area contributed by atoms with Gasteiger partial charge in [0.25, 0.3) is 0 Å². The Morgan fingerprint density at radius 2 is 2.00 bits per heavy atom. The quantitative estimate of drug-likeness (QED) is 0.528. The summed E-state index contributed by atoms with van der Waals surface area (Å²) in [5, 5.41) is 8.91. The van der Waals surface area contributed by atoms with E-state index >= 15 is 0 Å². The molecule has 32 heavy (non-hydrogen) atoms. The number of carboxylic acids is 1. The Bertz CT molecular complexity index is 1160. The lowest BCUT2D eigenvalue weighted by Gasteiger charge is -2.31. The van der Waals surface area contributed by atoms with Gasteiger partial charge in [-0.2, -0.15) is 0 Å². The van der Waals surface area contributed by atoms with E-state index in [1.165, 1.54) is 11.6 Å². The number of nitrogens with two attached hydrogens (primary N) is 1. The third-order valence-corrected chi connectivity index (χ3v) is 5.75. The van der Waals surface area contributed by atoms with Crippen LogP contribution in [-0.2, 0) is 17.6 Å². The first-order valence-electron chi connectivity index (χ1n) is 10.9. The van der Waals surface area contributed by atoms with Gasteiger partial charge in [-0.1, -0.05) is 12.1 Å². The van der Waals surface area contributed by atoms with Gasteiger partial charge in [-0.25, -0.2) is 4.79 Å². The van der Waals surface area contributed by atoms with E-state index in [0.29, 0.717) is 17.9 Å². The average molecular weight is 435 g/mol. The summed E-state index contributed by atoms with van der Waals surface area (Å²) >= 11 is 0. The Morgan fingerprint density at radius 1 is 1.25 bits per heavy atom. The predicted molar refractivity (Wildman–Crippen MR) is 127 cm³/mol. The second kappa shape index (κ2) is 7.69. The number of aliphatic carboxylic acids is 1. The van der Waals surface area contributed by atoms with Gasteiger partial charge in [0.1, 0.15) is 5.60 Å². The summed E-state index contributed by atoms with van der Waals surface area (Å²) in [6.45, 7) is 11.0. The Kier molecular flexibility index (Phi) is 5.27. The van der Waals surface area contributed by atoms with E-state index in [2.05, 4.69) is 33.8 Å². The molecule has 2 aromatic rings. The number of hydrogen-bond donors (Lipinski definition) is 2. The molecule has 0 amide bonds. The van der Waals surface area contributed by atoms with Crippen molar-refractivity contribution in [1.29, 1.82) is 0 Å². The van der Waals surface area contributed by atoms with E-state index in [0.717, 1.165) is 52.8 Å². The summed E-state index contributed by atoms with van der Waals surface area (Å²) in [6.07, 6.45) is 4.16. The SMILES string of the molecule is CCOc1cc2c(c3c1OC(C)(C)C3)C(c1ccc(/C=C/C(=O)O)c(N)c1)=NC(C)(C)C2. The summed E-state index contributed by atoms with van der Waals surface area (Å²) in [4.78, 5) is 16.0. The highest BCUT2D eigenvalue weighted by Gasteiger charge is 2.39. The second-order valence-electron chi connectivity index (χ2n) is 9.65. The van der Waals surface area contributed by atoms with Crippen LogP contribution in [0.3, 0.4) is 0 Å². The molecule has 3 N–H and O–H groups in total. The Balaban J connectivity index is 1.89. The molecule has 0 bridgehead atoms. The summed E-state index contributed by atoms with van der Waals surface area (Å²) in [5.74, 6) is 0.582. The first kappa shape index (κ1) is 21.9. The van der Waals surface area contributed by atoms with Gasteiger partial charge in [-0.05, 0) is 70.4 Å². The van der Waals surface area contributed by atoms with E-state index in [1.807, 2.05) is 25.1 Å². The summed E-state index contributed by atoms with van der Waals surface area (Å²) in [5.41, 5.74) is 12.0. The smallest absolute Gasteiger partial charge is 0.328 e. The van der Waals surface area contributed by atoms with Gasteiger partial charge in [0.05, 0.1) is 17.9 Å². The van der Waals surface area contributed by atoms with E-state index in [4.69, 9.17) is 25.3 Å². The van der Waals surface area contributed by atoms with E-state index in [-0.39, 0.29) is 11.1 Å². The molecule has 0 saturated carbocycles. The van der Waals surface area contributed by atoms with Crippen LogP contribution in [0.15, 0.2) is 35.3 Å². The topological polar surface area (TPSA) is 94.1 Å². The van der Waals surface area contributed by atoms with Crippen LogP contribution in [0.1, 0.15) is 62.4 Å². The number of anilines is 1. The molecule has 168 valence electrons. The van der Waals surface area contributed by atoms with Crippen LogP contribution in [0.2, 0.25) is 0 Å². The van der Waals surface area contributed by atoms with Gasteiger partial charge in [0, 0.05) is 34.9 Å². The molecular formula is C26H30N2O4. The molecule has 0 spiro atoms. The lowest BCUT2D eigenvalue weighted by Crippen LogP contribution is -2.30. The zero-order valence-electron chi connectivity index (χ0n) is 19.3. The van der Waals surface area contributed by atoms with Gasteiger partial charge in [0.15, 0.2) is 11.5 Å². The second-order valence-corrected chi connectivity index (χ2v) is 9.65. The molecular weight excluding hydrogens is 404 g/mol. The molecule has 6 nitrogen and oxygen atoms in total. The number of ether oxygens (including phenoxy) is 2. The first-order valence-corrected chi connectivity index (χ1v) is 10.9.